The molecule has 5 nitrogen and oxygen atoms in total. The average Bonchev–Trinajstić information content (AvgIpc) is 2.61. The van der Waals surface area contributed by atoms with Crippen LogP contribution in [-0.2, 0) is 0 Å². The SMILES string of the molecule is CC(=NCC(C)N)c1c(O)c2ccccc2n(-c2ccccc2)c1=O. The van der Waals surface area contributed by atoms with Gasteiger partial charge in [-0.25, -0.2) is 0 Å². The van der Waals surface area contributed by atoms with Crippen LogP contribution >= 0.6 is 0 Å². The molecular formula is C20H21N3O2. The Morgan fingerprint density at radius 2 is 1.80 bits per heavy atom. The third kappa shape index (κ3) is 3.19. The fourth-order valence-corrected chi connectivity index (χ4v) is 2.85. The van der Waals surface area contributed by atoms with Crippen molar-refractivity contribution in [3.8, 4) is 11.4 Å². The Morgan fingerprint density at radius 3 is 2.48 bits per heavy atom. The van der Waals surface area contributed by atoms with Crippen LogP contribution < -0.4 is 11.3 Å². The van der Waals surface area contributed by atoms with E-state index in [1.54, 1.807) is 17.6 Å². The Bertz CT molecular complexity index is 989. The molecular weight excluding hydrogens is 314 g/mol. The minimum Gasteiger partial charge on any atom is -0.506 e. The van der Waals surface area contributed by atoms with Crippen molar-refractivity contribution in [1.82, 2.24) is 4.57 Å². The van der Waals surface area contributed by atoms with Gasteiger partial charge in [0.25, 0.3) is 5.56 Å². The Kier molecular flexibility index (Phi) is 4.67. The first-order valence-corrected chi connectivity index (χ1v) is 8.20. The molecule has 1 atom stereocenters. The van der Waals surface area contributed by atoms with Crippen LogP contribution in [0.5, 0.6) is 5.75 Å². The minimum absolute atomic E-state index is 0.0429. The van der Waals surface area contributed by atoms with E-state index >= 15 is 0 Å². The van der Waals surface area contributed by atoms with E-state index in [1.165, 1.54) is 0 Å². The molecule has 3 rings (SSSR count). The maximum absolute atomic E-state index is 13.2. The number of pyridine rings is 1. The standard InChI is InChI=1S/C20H21N3O2/c1-13(21)12-22-14(2)18-19(24)16-10-6-7-11-17(16)23(20(18)25)15-8-4-3-5-9-15/h3-11,13,24H,12,21H2,1-2H3. The van der Waals surface area contributed by atoms with E-state index in [-0.39, 0.29) is 22.9 Å². The van der Waals surface area contributed by atoms with Crippen molar-refractivity contribution in [3.05, 3.63) is 70.5 Å². The van der Waals surface area contributed by atoms with Crippen LogP contribution in [-0.4, -0.2) is 28.0 Å². The summed E-state index contributed by atoms with van der Waals surface area (Å²) < 4.78 is 1.61. The van der Waals surface area contributed by atoms with Crippen molar-refractivity contribution >= 4 is 16.6 Å². The Hall–Kier alpha value is -2.92. The molecule has 0 spiro atoms. The number of hydrogen-bond donors (Lipinski definition) is 2. The second-order valence-corrected chi connectivity index (χ2v) is 6.12. The Morgan fingerprint density at radius 1 is 1.16 bits per heavy atom. The highest BCUT2D eigenvalue weighted by Crippen LogP contribution is 2.28. The van der Waals surface area contributed by atoms with Crippen molar-refractivity contribution < 1.29 is 5.11 Å². The van der Waals surface area contributed by atoms with Crippen LogP contribution in [0.15, 0.2) is 64.4 Å². The maximum Gasteiger partial charge on any atom is 0.268 e. The zero-order valence-corrected chi connectivity index (χ0v) is 14.3. The monoisotopic (exact) mass is 335 g/mol. The molecule has 0 aliphatic heterocycles. The normalized spacial score (nSPS) is 13.2. The van der Waals surface area contributed by atoms with Crippen LogP contribution in [0, 0.1) is 0 Å². The van der Waals surface area contributed by atoms with Gasteiger partial charge in [-0.05, 0) is 38.1 Å². The highest BCUT2D eigenvalue weighted by Gasteiger charge is 2.19. The summed E-state index contributed by atoms with van der Waals surface area (Å²) in [6.45, 7) is 3.96. The molecule has 5 heteroatoms. The van der Waals surface area contributed by atoms with Crippen LogP contribution in [0.1, 0.15) is 19.4 Å². The van der Waals surface area contributed by atoms with Crippen LogP contribution in [0.25, 0.3) is 16.6 Å². The molecule has 0 radical (unpaired) electrons. The van der Waals surface area contributed by atoms with E-state index in [1.807, 2.05) is 55.5 Å². The molecule has 0 aliphatic carbocycles. The van der Waals surface area contributed by atoms with Crippen LogP contribution in [0.2, 0.25) is 0 Å². The van der Waals surface area contributed by atoms with Gasteiger partial charge in [0.05, 0.1) is 12.1 Å². The number of aliphatic imine (C=N–C) groups is 1. The highest BCUT2D eigenvalue weighted by atomic mass is 16.3. The third-order valence-corrected chi connectivity index (χ3v) is 4.05. The lowest BCUT2D eigenvalue weighted by atomic mass is 10.1. The van der Waals surface area contributed by atoms with Gasteiger partial charge in [-0.1, -0.05) is 30.3 Å². The lowest BCUT2D eigenvalue weighted by Gasteiger charge is -2.15. The molecule has 1 unspecified atom stereocenters. The molecule has 128 valence electrons. The summed E-state index contributed by atoms with van der Waals surface area (Å²) in [6, 6.07) is 16.6. The van der Waals surface area contributed by atoms with E-state index in [9.17, 15) is 9.90 Å². The summed E-state index contributed by atoms with van der Waals surface area (Å²) in [5, 5.41) is 11.3. The number of benzene rings is 2. The third-order valence-electron chi connectivity index (χ3n) is 4.05. The maximum atomic E-state index is 13.2. The van der Waals surface area contributed by atoms with Gasteiger partial charge in [-0.3, -0.25) is 14.4 Å². The van der Waals surface area contributed by atoms with Crippen molar-refractivity contribution in [2.45, 2.75) is 19.9 Å². The molecule has 0 amide bonds. The van der Waals surface area contributed by atoms with E-state index in [0.29, 0.717) is 23.2 Å². The van der Waals surface area contributed by atoms with Gasteiger partial charge in [0.15, 0.2) is 0 Å². The van der Waals surface area contributed by atoms with E-state index < -0.39 is 0 Å². The topological polar surface area (TPSA) is 80.6 Å². The number of aromatic hydroxyl groups is 1. The Labute approximate surface area is 146 Å². The molecule has 25 heavy (non-hydrogen) atoms. The number of aromatic nitrogens is 1. The number of hydrogen-bond acceptors (Lipinski definition) is 4. The number of nitrogens with two attached hydrogens (primary N) is 1. The molecule has 0 saturated carbocycles. The van der Waals surface area contributed by atoms with Gasteiger partial charge < -0.3 is 10.8 Å². The first kappa shape index (κ1) is 16.9. The van der Waals surface area contributed by atoms with Crippen molar-refractivity contribution in [2.75, 3.05) is 6.54 Å². The second kappa shape index (κ2) is 6.91. The molecule has 0 fully saturated rings. The lowest BCUT2D eigenvalue weighted by Crippen LogP contribution is -2.26. The fraction of sp³-hybridized carbons (Fsp3) is 0.200. The van der Waals surface area contributed by atoms with Crippen molar-refractivity contribution in [2.24, 2.45) is 10.7 Å². The van der Waals surface area contributed by atoms with Crippen molar-refractivity contribution in [3.63, 3.8) is 0 Å². The lowest BCUT2D eigenvalue weighted by molar-refractivity contribution is 0.478. The first-order valence-electron chi connectivity index (χ1n) is 8.20. The van der Waals surface area contributed by atoms with E-state index in [0.717, 1.165) is 5.69 Å². The number of nitrogens with zero attached hydrogens (tertiary/aromatic N) is 2. The quantitative estimate of drug-likeness (QED) is 0.719. The fourth-order valence-electron chi connectivity index (χ4n) is 2.85. The molecule has 0 aliphatic rings. The van der Waals surface area contributed by atoms with Gasteiger partial charge >= 0.3 is 0 Å². The zero-order chi connectivity index (χ0) is 18.0. The molecule has 2 aromatic carbocycles. The summed E-state index contributed by atoms with van der Waals surface area (Å²) in [6.07, 6.45) is 0. The van der Waals surface area contributed by atoms with Gasteiger partial charge in [0.2, 0.25) is 0 Å². The summed E-state index contributed by atoms with van der Waals surface area (Å²) >= 11 is 0. The molecule has 3 aromatic rings. The summed E-state index contributed by atoms with van der Waals surface area (Å²) in [4.78, 5) is 17.6. The molecule has 0 bridgehead atoms. The van der Waals surface area contributed by atoms with Gasteiger partial charge in [0.1, 0.15) is 11.3 Å². The summed E-state index contributed by atoms with van der Waals surface area (Å²) in [5.74, 6) is -0.0429. The zero-order valence-electron chi connectivity index (χ0n) is 14.3. The predicted molar refractivity (Wildman–Crippen MR) is 102 cm³/mol. The largest absolute Gasteiger partial charge is 0.506 e. The first-order chi connectivity index (χ1) is 12.0. The average molecular weight is 335 g/mol. The second-order valence-electron chi connectivity index (χ2n) is 6.12. The highest BCUT2D eigenvalue weighted by molar-refractivity contribution is 6.05. The summed E-state index contributed by atoms with van der Waals surface area (Å²) in [7, 11) is 0. The smallest absolute Gasteiger partial charge is 0.268 e. The minimum atomic E-state index is -0.298. The molecule has 0 saturated heterocycles. The molecule has 1 heterocycles. The molecule has 3 N–H and O–H groups in total. The van der Waals surface area contributed by atoms with Crippen molar-refractivity contribution in [1.29, 1.82) is 0 Å². The number of fused-ring (bicyclic) bond motifs is 1. The number of para-hydroxylation sites is 2. The molecule has 1 aromatic heterocycles. The van der Waals surface area contributed by atoms with Crippen LogP contribution in [0.4, 0.5) is 0 Å². The van der Waals surface area contributed by atoms with Gasteiger partial charge in [-0.15, -0.1) is 0 Å². The predicted octanol–water partition coefficient (Wildman–Crippen LogP) is 2.85. The van der Waals surface area contributed by atoms with Gasteiger partial charge in [0, 0.05) is 22.8 Å². The summed E-state index contributed by atoms with van der Waals surface area (Å²) in [5.41, 5.74) is 7.54. The van der Waals surface area contributed by atoms with Crippen LogP contribution in [0.3, 0.4) is 0 Å². The number of rotatable bonds is 4. The van der Waals surface area contributed by atoms with E-state index in [2.05, 4.69) is 4.99 Å². The van der Waals surface area contributed by atoms with Gasteiger partial charge in [-0.2, -0.15) is 0 Å². The van der Waals surface area contributed by atoms with E-state index in [4.69, 9.17) is 5.73 Å². The Balaban J connectivity index is 2.36.